The second kappa shape index (κ2) is 27.7. The number of aliphatic hydroxyl groups excluding tert-OH is 3. The van der Waals surface area contributed by atoms with Crippen LogP contribution in [0.25, 0.3) is 0 Å². The van der Waals surface area contributed by atoms with E-state index < -0.39 is 38.4 Å². The Labute approximate surface area is 424 Å². The molecule has 2 unspecified atom stereocenters. The second-order valence-corrected chi connectivity index (χ2v) is 22.4. The van der Waals surface area contributed by atoms with Crippen LogP contribution in [0.15, 0.2) is 125 Å². The SMILES string of the molecule is CCCC(O)COc1ccc(C(C)(C)c2ccc(OCC(O)COc3ccc(C(C)(C)c4ccc(OCC(O)CCC)cc4)cc3)cc2)cc1.CCCNS(=O)(=O)c1ccc(C)c(S(=O)(=O)NCCC)c1. The summed E-state index contributed by atoms with van der Waals surface area (Å²) in [5, 5.41) is 30.5. The van der Waals surface area contributed by atoms with Crippen LogP contribution in [0, 0.1) is 6.92 Å². The van der Waals surface area contributed by atoms with E-state index in [-0.39, 0.29) is 33.8 Å². The van der Waals surface area contributed by atoms with E-state index in [2.05, 4.69) is 85.7 Å². The fourth-order valence-corrected chi connectivity index (χ4v) is 10.2. The van der Waals surface area contributed by atoms with Crippen LogP contribution in [-0.4, -0.2) is 90.0 Å². The molecule has 13 nitrogen and oxygen atoms in total. The number of sulfonamides is 2. The summed E-state index contributed by atoms with van der Waals surface area (Å²) in [7, 11) is -7.38. The predicted molar refractivity (Wildman–Crippen MR) is 282 cm³/mol. The topological polar surface area (TPSA) is 190 Å². The maximum atomic E-state index is 12.2. The monoisotopic (exact) mass is 1020 g/mol. The summed E-state index contributed by atoms with van der Waals surface area (Å²) in [6, 6.07) is 36.1. The highest BCUT2D eigenvalue weighted by molar-refractivity contribution is 7.90. The summed E-state index contributed by atoms with van der Waals surface area (Å²) >= 11 is 0. The lowest BCUT2D eigenvalue weighted by Gasteiger charge is -2.27. The van der Waals surface area contributed by atoms with Gasteiger partial charge in [-0.15, -0.1) is 0 Å². The number of nitrogens with one attached hydrogen (secondary N) is 2. The van der Waals surface area contributed by atoms with Crippen LogP contribution in [0.1, 0.15) is 122 Å². The first-order valence-corrected chi connectivity index (χ1v) is 27.7. The van der Waals surface area contributed by atoms with Gasteiger partial charge in [0.1, 0.15) is 55.5 Å². The molecule has 390 valence electrons. The smallest absolute Gasteiger partial charge is 0.240 e. The normalized spacial score (nSPS) is 13.4. The Morgan fingerprint density at radius 1 is 0.451 bits per heavy atom. The van der Waals surface area contributed by atoms with Crippen LogP contribution >= 0.6 is 0 Å². The molecule has 5 aromatic rings. The molecule has 0 saturated heterocycles. The molecule has 5 N–H and O–H groups in total. The zero-order valence-corrected chi connectivity index (χ0v) is 44.7. The number of ether oxygens (including phenoxy) is 4. The molecule has 2 atom stereocenters. The molecule has 0 aliphatic carbocycles. The number of hydrogen-bond acceptors (Lipinski definition) is 11. The van der Waals surface area contributed by atoms with Crippen LogP contribution in [0.4, 0.5) is 0 Å². The van der Waals surface area contributed by atoms with Gasteiger partial charge < -0.3 is 34.3 Å². The van der Waals surface area contributed by atoms with Crippen molar-refractivity contribution in [3.05, 3.63) is 143 Å². The predicted octanol–water partition coefficient (Wildman–Crippen LogP) is 9.61. The third-order valence-corrected chi connectivity index (χ3v) is 15.2. The molecule has 5 rings (SSSR count). The third kappa shape index (κ3) is 17.9. The Kier molecular flexibility index (Phi) is 22.9. The second-order valence-electron chi connectivity index (χ2n) is 18.9. The molecular weight excluding hydrogens is 941 g/mol. The summed E-state index contributed by atoms with van der Waals surface area (Å²) in [5.41, 5.74) is 4.60. The van der Waals surface area contributed by atoms with E-state index in [9.17, 15) is 32.2 Å². The molecule has 0 aliphatic rings. The molecule has 0 radical (unpaired) electrons. The Hall–Kier alpha value is -5.00. The van der Waals surface area contributed by atoms with Gasteiger partial charge in [0.15, 0.2) is 0 Å². The molecule has 0 bridgehead atoms. The lowest BCUT2D eigenvalue weighted by atomic mass is 9.78. The number of aliphatic hydroxyl groups is 3. The maximum Gasteiger partial charge on any atom is 0.240 e. The van der Waals surface area contributed by atoms with E-state index in [1.165, 1.54) is 18.2 Å². The van der Waals surface area contributed by atoms with Crippen molar-refractivity contribution in [1.82, 2.24) is 9.44 Å². The Bertz CT molecular complexity index is 2450. The van der Waals surface area contributed by atoms with Crippen LogP contribution in [0.5, 0.6) is 23.0 Å². The van der Waals surface area contributed by atoms with E-state index in [1.807, 2.05) is 76.2 Å². The highest BCUT2D eigenvalue weighted by Crippen LogP contribution is 2.35. The van der Waals surface area contributed by atoms with Gasteiger partial charge in [-0.3, -0.25) is 0 Å². The zero-order valence-electron chi connectivity index (χ0n) is 43.1. The molecule has 0 aliphatic heterocycles. The average molecular weight is 1020 g/mol. The third-order valence-electron chi connectivity index (χ3n) is 12.2. The molecule has 0 amide bonds. The van der Waals surface area contributed by atoms with Gasteiger partial charge in [-0.2, -0.15) is 0 Å². The minimum atomic E-state index is -3.70. The van der Waals surface area contributed by atoms with Crippen LogP contribution < -0.4 is 28.4 Å². The Balaban J connectivity index is 0.000000436. The number of benzene rings is 5. The molecule has 0 saturated carbocycles. The first kappa shape index (κ1) is 58.6. The molecular formula is C56H78N2O11S2. The van der Waals surface area contributed by atoms with Crippen LogP contribution in [-0.2, 0) is 30.9 Å². The number of rotatable bonds is 28. The lowest BCUT2D eigenvalue weighted by Crippen LogP contribution is -2.27. The van der Waals surface area contributed by atoms with Crippen molar-refractivity contribution in [3.8, 4) is 23.0 Å². The molecule has 0 heterocycles. The summed E-state index contributed by atoms with van der Waals surface area (Å²) in [5.74, 6) is 2.85. The fourth-order valence-electron chi connectivity index (χ4n) is 7.53. The summed E-state index contributed by atoms with van der Waals surface area (Å²) in [4.78, 5) is -0.0475. The van der Waals surface area contributed by atoms with Crippen molar-refractivity contribution in [2.45, 2.75) is 140 Å². The van der Waals surface area contributed by atoms with E-state index in [1.54, 1.807) is 6.92 Å². The van der Waals surface area contributed by atoms with Crippen LogP contribution in [0.2, 0.25) is 0 Å². The van der Waals surface area contributed by atoms with Gasteiger partial charge in [-0.1, -0.05) is 123 Å². The molecule has 0 fully saturated rings. The number of aryl methyl sites for hydroxylation is 1. The summed E-state index contributed by atoms with van der Waals surface area (Å²) in [6.07, 6.45) is 2.94. The van der Waals surface area contributed by atoms with Gasteiger partial charge in [-0.25, -0.2) is 26.3 Å². The minimum absolute atomic E-state index is 0.00433. The Morgan fingerprint density at radius 2 is 0.761 bits per heavy atom. The van der Waals surface area contributed by atoms with E-state index in [4.69, 9.17) is 18.9 Å². The summed E-state index contributed by atoms with van der Waals surface area (Å²) in [6.45, 7) is 19.6. The highest BCUT2D eigenvalue weighted by atomic mass is 32.2. The van der Waals surface area contributed by atoms with Crippen LogP contribution in [0.3, 0.4) is 0 Å². The van der Waals surface area contributed by atoms with Gasteiger partial charge in [-0.05, 0) is 121 Å². The van der Waals surface area contributed by atoms with Gasteiger partial charge >= 0.3 is 0 Å². The van der Waals surface area contributed by atoms with E-state index in [0.29, 0.717) is 56.2 Å². The van der Waals surface area contributed by atoms with Gasteiger partial charge in [0.2, 0.25) is 20.0 Å². The summed E-state index contributed by atoms with van der Waals surface area (Å²) < 4.78 is 76.6. The quantitative estimate of drug-likeness (QED) is 0.0321. The minimum Gasteiger partial charge on any atom is -0.491 e. The lowest BCUT2D eigenvalue weighted by molar-refractivity contribution is 0.0626. The zero-order chi connectivity index (χ0) is 52.2. The van der Waals surface area contributed by atoms with Crippen molar-refractivity contribution >= 4 is 20.0 Å². The highest BCUT2D eigenvalue weighted by Gasteiger charge is 2.25. The first-order chi connectivity index (χ1) is 33.7. The molecule has 0 spiro atoms. The fraction of sp³-hybridized carbons (Fsp3) is 0.464. The van der Waals surface area contributed by atoms with Crippen molar-refractivity contribution in [1.29, 1.82) is 0 Å². The van der Waals surface area contributed by atoms with Crippen molar-refractivity contribution in [2.75, 3.05) is 39.5 Å². The maximum absolute atomic E-state index is 12.2. The molecule has 15 heteroatoms. The van der Waals surface area contributed by atoms with Crippen molar-refractivity contribution in [2.24, 2.45) is 0 Å². The standard InChI is InChI=1S/C43H56O7.C13H22N2O4S2/c1-7-9-35(44)27-47-38-19-11-31(12-20-38)42(3,4)33-15-23-40(24-16-33)49-29-37(46)30-50-41-25-17-34(18-26-41)43(5,6)32-13-21-39(22-14-32)48-28-36(45)10-8-2;1-4-8-14-20(16,17)12-7-6-11(3)13(10-12)21(18,19)15-9-5-2/h11-26,35-37,44-46H,7-10,27-30H2,1-6H3;6-7,10,14-15H,4-5,8-9H2,1-3H3. The molecule has 5 aromatic carbocycles. The van der Waals surface area contributed by atoms with E-state index >= 15 is 0 Å². The van der Waals surface area contributed by atoms with Gasteiger partial charge in [0, 0.05) is 23.9 Å². The molecule has 0 aromatic heterocycles. The Morgan fingerprint density at radius 3 is 1.07 bits per heavy atom. The largest absolute Gasteiger partial charge is 0.491 e. The molecule has 71 heavy (non-hydrogen) atoms. The van der Waals surface area contributed by atoms with Crippen molar-refractivity contribution in [3.63, 3.8) is 0 Å². The van der Waals surface area contributed by atoms with E-state index in [0.717, 1.165) is 59.4 Å². The average Bonchev–Trinajstić information content (AvgIpc) is 3.36. The van der Waals surface area contributed by atoms with Gasteiger partial charge in [0.05, 0.1) is 22.0 Å². The van der Waals surface area contributed by atoms with Gasteiger partial charge in [0.25, 0.3) is 0 Å². The first-order valence-electron chi connectivity index (χ1n) is 24.7. The van der Waals surface area contributed by atoms with Crippen molar-refractivity contribution < 1.29 is 51.1 Å². The number of hydrogen-bond donors (Lipinski definition) is 5.